The van der Waals surface area contributed by atoms with Gasteiger partial charge in [-0.15, -0.1) is 11.3 Å². The molecule has 2 heterocycles. The number of rotatable bonds is 4. The average molecular weight is 241 g/mol. The van der Waals surface area contributed by atoms with Crippen LogP contribution in [0.1, 0.15) is 25.3 Å². The van der Waals surface area contributed by atoms with Crippen molar-refractivity contribution < 1.29 is 4.74 Å². The highest BCUT2D eigenvalue weighted by atomic mass is 32.1. The molecule has 0 aliphatic carbocycles. The zero-order valence-corrected chi connectivity index (χ0v) is 10.6. The van der Waals surface area contributed by atoms with Crippen LogP contribution >= 0.6 is 11.3 Å². The Labute approximate surface area is 100 Å². The van der Waals surface area contributed by atoms with E-state index in [0.29, 0.717) is 6.61 Å². The molecule has 0 spiro atoms. The molecule has 1 fully saturated rings. The summed E-state index contributed by atoms with van der Waals surface area (Å²) in [5.74, 6) is 0. The number of hydrogen-bond donors (Lipinski definition) is 2. The Balaban J connectivity index is 1.94. The van der Waals surface area contributed by atoms with Crippen molar-refractivity contribution in [2.75, 3.05) is 19.8 Å². The predicted octanol–water partition coefficient (Wildman–Crippen LogP) is 1.09. The first-order valence-electron chi connectivity index (χ1n) is 5.54. The molecule has 1 saturated heterocycles. The number of hydrogen-bond acceptors (Lipinski definition) is 5. The lowest BCUT2D eigenvalue weighted by Crippen LogP contribution is -2.53. The fourth-order valence-electron chi connectivity index (χ4n) is 1.77. The van der Waals surface area contributed by atoms with Gasteiger partial charge in [-0.3, -0.25) is 0 Å². The van der Waals surface area contributed by atoms with Crippen LogP contribution in [0.4, 0.5) is 0 Å². The van der Waals surface area contributed by atoms with Gasteiger partial charge in [-0.1, -0.05) is 0 Å². The van der Waals surface area contributed by atoms with Crippen molar-refractivity contribution in [3.8, 4) is 0 Å². The van der Waals surface area contributed by atoms with E-state index in [2.05, 4.69) is 24.1 Å². The molecule has 1 atom stereocenters. The molecule has 0 amide bonds. The largest absolute Gasteiger partial charge is 0.379 e. The van der Waals surface area contributed by atoms with Crippen molar-refractivity contribution in [2.24, 2.45) is 5.73 Å². The van der Waals surface area contributed by atoms with E-state index in [1.165, 1.54) is 0 Å². The van der Waals surface area contributed by atoms with Gasteiger partial charge in [-0.2, -0.15) is 0 Å². The summed E-state index contributed by atoms with van der Waals surface area (Å²) < 4.78 is 5.34. The molecule has 90 valence electrons. The Bertz CT molecular complexity index is 331. The Kier molecular flexibility index (Phi) is 3.30. The highest BCUT2D eigenvalue weighted by Crippen LogP contribution is 2.23. The quantitative estimate of drug-likeness (QED) is 0.828. The van der Waals surface area contributed by atoms with Crippen molar-refractivity contribution in [3.05, 3.63) is 16.6 Å². The number of ether oxygens (including phenoxy) is 1. The summed E-state index contributed by atoms with van der Waals surface area (Å²) in [7, 11) is 0. The standard InChI is InChI=1S/C11H19N3OS/c1-10(2,9-13-4-6-16-9)14-7-11(12)3-5-15-8-11/h4,6,14H,3,5,7-8,12H2,1-2H3. The molecule has 1 aliphatic rings. The monoisotopic (exact) mass is 241 g/mol. The van der Waals surface area contributed by atoms with Crippen LogP contribution in [-0.4, -0.2) is 30.3 Å². The van der Waals surface area contributed by atoms with E-state index in [1.54, 1.807) is 11.3 Å². The van der Waals surface area contributed by atoms with Gasteiger partial charge in [-0.25, -0.2) is 4.98 Å². The summed E-state index contributed by atoms with van der Waals surface area (Å²) >= 11 is 1.67. The maximum absolute atomic E-state index is 6.22. The third-order valence-electron chi connectivity index (χ3n) is 2.98. The molecule has 1 aromatic rings. The van der Waals surface area contributed by atoms with Crippen LogP contribution in [0.25, 0.3) is 0 Å². The highest BCUT2D eigenvalue weighted by molar-refractivity contribution is 7.09. The smallest absolute Gasteiger partial charge is 0.112 e. The van der Waals surface area contributed by atoms with Gasteiger partial charge in [0.1, 0.15) is 5.01 Å². The lowest BCUT2D eigenvalue weighted by Gasteiger charge is -2.30. The summed E-state index contributed by atoms with van der Waals surface area (Å²) in [6.45, 7) is 6.44. The van der Waals surface area contributed by atoms with Crippen LogP contribution in [-0.2, 0) is 10.3 Å². The summed E-state index contributed by atoms with van der Waals surface area (Å²) in [5.41, 5.74) is 5.88. The number of nitrogens with two attached hydrogens (primary N) is 1. The third-order valence-corrected chi connectivity index (χ3v) is 4.08. The molecule has 0 bridgehead atoms. The highest BCUT2D eigenvalue weighted by Gasteiger charge is 2.33. The predicted molar refractivity (Wildman–Crippen MR) is 65.5 cm³/mol. The fraction of sp³-hybridized carbons (Fsp3) is 0.727. The van der Waals surface area contributed by atoms with Crippen LogP contribution in [0.3, 0.4) is 0 Å². The first-order valence-corrected chi connectivity index (χ1v) is 6.41. The maximum atomic E-state index is 6.22. The average Bonchev–Trinajstić information content (AvgIpc) is 2.86. The van der Waals surface area contributed by atoms with E-state index < -0.39 is 0 Å². The summed E-state index contributed by atoms with van der Waals surface area (Å²) in [4.78, 5) is 4.34. The van der Waals surface area contributed by atoms with Crippen molar-refractivity contribution in [1.29, 1.82) is 0 Å². The number of nitrogens with one attached hydrogen (secondary N) is 1. The van der Waals surface area contributed by atoms with Crippen LogP contribution in [0, 0.1) is 0 Å². The van der Waals surface area contributed by atoms with Crippen LogP contribution in [0.15, 0.2) is 11.6 Å². The molecule has 1 aliphatic heterocycles. The first kappa shape index (κ1) is 12.0. The summed E-state index contributed by atoms with van der Waals surface area (Å²) in [6, 6.07) is 0. The third kappa shape index (κ3) is 2.60. The van der Waals surface area contributed by atoms with Crippen molar-refractivity contribution in [2.45, 2.75) is 31.3 Å². The molecule has 16 heavy (non-hydrogen) atoms. The first-order chi connectivity index (χ1) is 7.52. The minimum atomic E-state index is -0.214. The zero-order chi connectivity index (χ0) is 11.6. The van der Waals surface area contributed by atoms with E-state index >= 15 is 0 Å². The van der Waals surface area contributed by atoms with Crippen molar-refractivity contribution in [3.63, 3.8) is 0 Å². The van der Waals surface area contributed by atoms with Crippen LogP contribution in [0.5, 0.6) is 0 Å². The maximum Gasteiger partial charge on any atom is 0.112 e. The fourth-order valence-corrected chi connectivity index (χ4v) is 2.51. The molecular formula is C11H19N3OS. The zero-order valence-electron chi connectivity index (χ0n) is 9.82. The molecule has 1 aromatic heterocycles. The van der Waals surface area contributed by atoms with E-state index in [4.69, 9.17) is 10.5 Å². The van der Waals surface area contributed by atoms with E-state index in [9.17, 15) is 0 Å². The molecule has 0 aromatic carbocycles. The lowest BCUT2D eigenvalue weighted by molar-refractivity contribution is 0.174. The number of aromatic nitrogens is 1. The van der Waals surface area contributed by atoms with Gasteiger partial charge in [-0.05, 0) is 20.3 Å². The number of thiazole rings is 1. The van der Waals surface area contributed by atoms with Crippen molar-refractivity contribution >= 4 is 11.3 Å². The van der Waals surface area contributed by atoms with Gasteiger partial charge in [0.2, 0.25) is 0 Å². The van der Waals surface area contributed by atoms with E-state index in [0.717, 1.165) is 24.6 Å². The van der Waals surface area contributed by atoms with Crippen molar-refractivity contribution in [1.82, 2.24) is 10.3 Å². The SMILES string of the molecule is CC(C)(NCC1(N)CCOC1)c1nccs1. The van der Waals surface area contributed by atoms with Gasteiger partial charge >= 0.3 is 0 Å². The molecule has 2 rings (SSSR count). The lowest BCUT2D eigenvalue weighted by atomic mass is 9.98. The normalized spacial score (nSPS) is 26.2. The van der Waals surface area contributed by atoms with Gasteiger partial charge in [0.05, 0.1) is 17.7 Å². The van der Waals surface area contributed by atoms with Crippen LogP contribution < -0.4 is 11.1 Å². The molecule has 3 N–H and O–H groups in total. The summed E-state index contributed by atoms with van der Waals surface area (Å²) in [6.07, 6.45) is 2.76. The second-order valence-electron chi connectivity index (χ2n) is 4.98. The molecule has 0 radical (unpaired) electrons. The molecule has 5 heteroatoms. The summed E-state index contributed by atoms with van der Waals surface area (Å²) in [5, 5.41) is 6.58. The van der Waals surface area contributed by atoms with Gasteiger partial charge in [0.15, 0.2) is 0 Å². The molecule has 1 unspecified atom stereocenters. The minimum Gasteiger partial charge on any atom is -0.379 e. The number of nitrogens with zero attached hydrogens (tertiary/aromatic N) is 1. The van der Waals surface area contributed by atoms with Gasteiger partial charge in [0, 0.05) is 24.7 Å². The topological polar surface area (TPSA) is 60.2 Å². The molecular weight excluding hydrogens is 222 g/mol. The van der Waals surface area contributed by atoms with E-state index in [1.807, 2.05) is 11.6 Å². The molecule has 0 saturated carbocycles. The Hall–Kier alpha value is -0.490. The Morgan fingerprint density at radius 1 is 1.69 bits per heavy atom. The second kappa shape index (κ2) is 4.41. The van der Waals surface area contributed by atoms with E-state index in [-0.39, 0.29) is 11.1 Å². The Morgan fingerprint density at radius 3 is 3.06 bits per heavy atom. The van der Waals surface area contributed by atoms with Gasteiger partial charge < -0.3 is 15.8 Å². The second-order valence-corrected chi connectivity index (χ2v) is 5.88. The minimum absolute atomic E-state index is 0.122. The van der Waals surface area contributed by atoms with Crippen LogP contribution in [0.2, 0.25) is 0 Å². The van der Waals surface area contributed by atoms with Gasteiger partial charge in [0.25, 0.3) is 0 Å². The molecule has 4 nitrogen and oxygen atoms in total. The Morgan fingerprint density at radius 2 is 2.50 bits per heavy atom.